The highest BCUT2D eigenvalue weighted by atomic mass is 16.5. The first-order valence-corrected chi connectivity index (χ1v) is 14.2. The lowest BCUT2D eigenvalue weighted by Crippen LogP contribution is -2.55. The second kappa shape index (κ2) is 15.4. The summed E-state index contributed by atoms with van der Waals surface area (Å²) in [6, 6.07) is -1.48. The number of rotatable bonds is 3. The minimum absolute atomic E-state index is 0.0840. The summed E-state index contributed by atoms with van der Waals surface area (Å²) in [6.45, 7) is 20.5. The molecule has 2 amide bonds. The Kier molecular flexibility index (Phi) is 13.8. The van der Waals surface area contributed by atoms with Crippen LogP contribution in [0.4, 0.5) is 0 Å². The van der Waals surface area contributed by atoms with Crippen LogP contribution < -0.4 is 10.6 Å². The Balaban J connectivity index is 3.22. The van der Waals surface area contributed by atoms with Crippen molar-refractivity contribution in [3.63, 3.8) is 0 Å². The molecule has 0 aromatic rings. The largest absolute Gasteiger partial charge is 0.461 e. The molecule has 0 aromatic heterocycles. The van der Waals surface area contributed by atoms with Crippen molar-refractivity contribution in [3.8, 4) is 0 Å². The van der Waals surface area contributed by atoms with Gasteiger partial charge < -0.3 is 15.4 Å². The topological polar surface area (TPSA) is 84.5 Å². The quantitative estimate of drug-likeness (QED) is 0.457. The molecule has 2 N–H and O–H groups in total. The monoisotopic (exact) mass is 506 g/mol. The molecule has 0 aliphatic carbocycles. The van der Waals surface area contributed by atoms with E-state index in [2.05, 4.69) is 38.3 Å². The fourth-order valence-corrected chi connectivity index (χ4v) is 5.44. The van der Waals surface area contributed by atoms with Crippen LogP contribution in [-0.4, -0.2) is 36.0 Å². The van der Waals surface area contributed by atoms with E-state index in [4.69, 9.17) is 4.74 Å². The first-order chi connectivity index (χ1) is 16.7. The van der Waals surface area contributed by atoms with Crippen LogP contribution >= 0.6 is 0 Å². The van der Waals surface area contributed by atoms with E-state index in [-0.39, 0.29) is 35.7 Å². The van der Waals surface area contributed by atoms with Gasteiger partial charge in [-0.1, -0.05) is 67.9 Å². The SMILES string of the molecule is CCC(C)[C@@H]1NC(=O)[C@H](C(C)C)NC(=O)/C(C)=C/C(C)CC(C)CC(C)CC(C)CCC(C)OC1=O. The van der Waals surface area contributed by atoms with Crippen LogP contribution in [0.25, 0.3) is 0 Å². The summed E-state index contributed by atoms with van der Waals surface area (Å²) < 4.78 is 5.80. The molecular formula is C30H54N2O4. The summed E-state index contributed by atoms with van der Waals surface area (Å²) in [7, 11) is 0. The minimum atomic E-state index is -0.746. The molecule has 1 aliphatic rings. The predicted molar refractivity (Wildman–Crippen MR) is 147 cm³/mol. The molecule has 1 aliphatic heterocycles. The van der Waals surface area contributed by atoms with E-state index in [9.17, 15) is 14.4 Å². The van der Waals surface area contributed by atoms with Gasteiger partial charge in [-0.05, 0) is 81.5 Å². The molecule has 0 radical (unpaired) electrons. The van der Waals surface area contributed by atoms with Crippen molar-refractivity contribution in [3.05, 3.63) is 11.6 Å². The number of ether oxygens (including phenoxy) is 1. The van der Waals surface area contributed by atoms with Crippen LogP contribution in [0, 0.1) is 35.5 Å². The molecule has 0 bridgehead atoms. The molecule has 0 aromatic carbocycles. The maximum atomic E-state index is 13.3. The highest BCUT2D eigenvalue weighted by molar-refractivity contribution is 5.97. The molecule has 6 unspecified atom stereocenters. The Bertz CT molecular complexity index is 747. The zero-order valence-electron chi connectivity index (χ0n) is 24.6. The molecule has 1 rings (SSSR count). The number of cyclic esters (lactones) is 1. The molecule has 0 fully saturated rings. The molecule has 6 heteroatoms. The third-order valence-corrected chi connectivity index (χ3v) is 7.66. The van der Waals surface area contributed by atoms with Gasteiger partial charge in [0.25, 0.3) is 0 Å². The molecular weight excluding hydrogens is 452 g/mol. The Hall–Kier alpha value is -1.85. The fraction of sp³-hybridized carbons (Fsp3) is 0.833. The second-order valence-corrected chi connectivity index (χ2v) is 12.2. The van der Waals surface area contributed by atoms with Crippen molar-refractivity contribution in [1.82, 2.24) is 10.6 Å². The highest BCUT2D eigenvalue weighted by Gasteiger charge is 2.33. The van der Waals surface area contributed by atoms with E-state index in [0.29, 0.717) is 23.3 Å². The van der Waals surface area contributed by atoms with Crippen molar-refractivity contribution < 1.29 is 19.1 Å². The van der Waals surface area contributed by atoms with Gasteiger partial charge in [0, 0.05) is 5.57 Å². The molecule has 208 valence electrons. The number of allylic oxidation sites excluding steroid dienone is 1. The standard InChI is InChI=1S/C30H54N2O4/c1-11-23(8)27-30(35)36-25(10)13-12-19(4)14-20(5)15-21(6)16-22(7)17-24(9)28(33)31-26(18(2)3)29(34)32-27/h17-23,25-27H,11-16H2,1-10H3,(H,31,33)(H,32,34)/b24-17+/t19?,20?,21?,22?,23?,25?,26-,27-/m0/s1. The van der Waals surface area contributed by atoms with Crippen molar-refractivity contribution >= 4 is 17.8 Å². The average Bonchev–Trinajstić information content (AvgIpc) is 2.77. The lowest BCUT2D eigenvalue weighted by molar-refractivity contribution is -0.154. The molecule has 36 heavy (non-hydrogen) atoms. The van der Waals surface area contributed by atoms with E-state index in [1.165, 1.54) is 0 Å². The maximum Gasteiger partial charge on any atom is 0.329 e. The summed E-state index contributed by atoms with van der Waals surface area (Å²) in [5, 5.41) is 5.82. The number of nitrogens with one attached hydrogen (secondary N) is 2. The van der Waals surface area contributed by atoms with Crippen LogP contribution in [0.5, 0.6) is 0 Å². The third kappa shape index (κ3) is 11.0. The fourth-order valence-electron chi connectivity index (χ4n) is 5.44. The van der Waals surface area contributed by atoms with E-state index in [1.54, 1.807) is 0 Å². The van der Waals surface area contributed by atoms with Crippen molar-refractivity contribution in [2.75, 3.05) is 0 Å². The van der Waals surface area contributed by atoms with E-state index >= 15 is 0 Å². The third-order valence-electron chi connectivity index (χ3n) is 7.66. The Labute approximate surface area is 220 Å². The average molecular weight is 507 g/mol. The van der Waals surface area contributed by atoms with Gasteiger partial charge in [0.15, 0.2) is 0 Å². The van der Waals surface area contributed by atoms with Gasteiger partial charge in [0.05, 0.1) is 6.10 Å². The molecule has 0 spiro atoms. The van der Waals surface area contributed by atoms with Crippen LogP contribution in [0.15, 0.2) is 11.6 Å². The van der Waals surface area contributed by atoms with Gasteiger partial charge in [0.2, 0.25) is 11.8 Å². The van der Waals surface area contributed by atoms with Gasteiger partial charge in [-0.25, -0.2) is 4.79 Å². The zero-order valence-corrected chi connectivity index (χ0v) is 24.6. The Morgan fingerprint density at radius 1 is 0.861 bits per heavy atom. The van der Waals surface area contributed by atoms with Crippen molar-refractivity contribution in [1.29, 1.82) is 0 Å². The van der Waals surface area contributed by atoms with E-state index < -0.39 is 18.1 Å². The van der Waals surface area contributed by atoms with Crippen molar-refractivity contribution in [2.45, 2.75) is 126 Å². The summed E-state index contributed by atoms with van der Waals surface area (Å²) >= 11 is 0. The molecule has 0 saturated carbocycles. The number of hydrogen-bond acceptors (Lipinski definition) is 4. The normalized spacial score (nSPS) is 35.1. The van der Waals surface area contributed by atoms with Crippen LogP contribution in [0.1, 0.15) is 108 Å². The van der Waals surface area contributed by atoms with Gasteiger partial charge in [-0.2, -0.15) is 0 Å². The summed E-state index contributed by atoms with van der Waals surface area (Å²) in [5.74, 6) is 0.815. The smallest absolute Gasteiger partial charge is 0.329 e. The summed E-state index contributed by atoms with van der Waals surface area (Å²) in [6.07, 6.45) is 7.69. The van der Waals surface area contributed by atoms with Crippen LogP contribution in [0.2, 0.25) is 0 Å². The number of hydrogen-bond donors (Lipinski definition) is 2. The summed E-state index contributed by atoms with van der Waals surface area (Å²) in [4.78, 5) is 39.4. The van der Waals surface area contributed by atoms with E-state index in [1.807, 2.05) is 47.6 Å². The number of amides is 2. The van der Waals surface area contributed by atoms with Gasteiger partial charge in [0.1, 0.15) is 12.1 Å². The number of carbonyl (C=O) groups excluding carboxylic acids is 3. The summed E-state index contributed by atoms with van der Waals surface area (Å²) in [5.41, 5.74) is 0.621. The molecule has 8 atom stereocenters. The Morgan fingerprint density at radius 3 is 2.03 bits per heavy atom. The number of carbonyl (C=O) groups is 3. The second-order valence-electron chi connectivity index (χ2n) is 12.2. The highest BCUT2D eigenvalue weighted by Crippen LogP contribution is 2.27. The maximum absolute atomic E-state index is 13.3. The minimum Gasteiger partial charge on any atom is -0.461 e. The van der Waals surface area contributed by atoms with Gasteiger partial charge in [-0.3, -0.25) is 9.59 Å². The molecule has 1 heterocycles. The van der Waals surface area contributed by atoms with Gasteiger partial charge in [-0.15, -0.1) is 0 Å². The van der Waals surface area contributed by atoms with Gasteiger partial charge >= 0.3 is 5.97 Å². The lowest BCUT2D eigenvalue weighted by Gasteiger charge is -2.29. The first kappa shape index (κ1) is 32.2. The van der Waals surface area contributed by atoms with Crippen LogP contribution in [-0.2, 0) is 19.1 Å². The lowest BCUT2D eigenvalue weighted by atomic mass is 9.84. The Morgan fingerprint density at radius 2 is 1.44 bits per heavy atom. The van der Waals surface area contributed by atoms with E-state index in [0.717, 1.165) is 38.5 Å². The predicted octanol–water partition coefficient (Wildman–Crippen LogP) is 6.04. The van der Waals surface area contributed by atoms with Crippen molar-refractivity contribution in [2.24, 2.45) is 35.5 Å². The van der Waals surface area contributed by atoms with Crippen LogP contribution in [0.3, 0.4) is 0 Å². The molecule has 6 nitrogen and oxygen atoms in total. The zero-order chi connectivity index (χ0) is 27.6. The first-order valence-electron chi connectivity index (χ1n) is 14.2. The number of esters is 1. The molecule has 0 saturated heterocycles.